The molecule has 3 heteroatoms. The van der Waals surface area contributed by atoms with Crippen LogP contribution in [-0.2, 0) is 0 Å². The summed E-state index contributed by atoms with van der Waals surface area (Å²) in [6, 6.07) is 15.7. The first-order chi connectivity index (χ1) is 9.72. The highest BCUT2D eigenvalue weighted by Gasteiger charge is 2.09. The smallest absolute Gasteiger partial charge is 0.227 e. The summed E-state index contributed by atoms with van der Waals surface area (Å²) in [4.78, 5) is 4.50. The molecule has 0 aliphatic heterocycles. The Morgan fingerprint density at radius 2 is 1.90 bits per heavy atom. The Kier molecular flexibility index (Phi) is 3.42. The first-order valence-corrected chi connectivity index (χ1v) is 6.81. The minimum Gasteiger partial charge on any atom is -0.493 e. The molecule has 0 bridgehead atoms. The van der Waals surface area contributed by atoms with Crippen LogP contribution in [0.4, 0.5) is 0 Å². The van der Waals surface area contributed by atoms with Gasteiger partial charge in [0.25, 0.3) is 0 Å². The minimum atomic E-state index is 0.500. The lowest BCUT2D eigenvalue weighted by molar-refractivity contribution is 0.271. The van der Waals surface area contributed by atoms with E-state index in [0.717, 1.165) is 22.4 Å². The summed E-state index contributed by atoms with van der Waals surface area (Å²) in [5, 5.41) is 0. The number of fused-ring (bicyclic) bond motifs is 1. The van der Waals surface area contributed by atoms with E-state index in [9.17, 15) is 0 Å². The summed E-state index contributed by atoms with van der Waals surface area (Å²) >= 11 is 0. The zero-order chi connectivity index (χ0) is 13.9. The van der Waals surface area contributed by atoms with Crippen molar-refractivity contribution in [1.82, 2.24) is 4.98 Å². The first kappa shape index (κ1) is 12.7. The van der Waals surface area contributed by atoms with Gasteiger partial charge in [-0.3, -0.25) is 0 Å². The molecule has 0 saturated carbocycles. The van der Waals surface area contributed by atoms with Crippen LogP contribution in [0.1, 0.15) is 13.8 Å². The fraction of sp³-hybridized carbons (Fsp3) is 0.235. The van der Waals surface area contributed by atoms with Crippen LogP contribution >= 0.6 is 0 Å². The molecule has 20 heavy (non-hydrogen) atoms. The molecule has 1 heterocycles. The van der Waals surface area contributed by atoms with E-state index in [1.165, 1.54) is 0 Å². The summed E-state index contributed by atoms with van der Waals surface area (Å²) in [5.41, 5.74) is 2.58. The maximum Gasteiger partial charge on any atom is 0.227 e. The van der Waals surface area contributed by atoms with Gasteiger partial charge in [0, 0.05) is 11.6 Å². The predicted molar refractivity (Wildman–Crippen MR) is 79.8 cm³/mol. The van der Waals surface area contributed by atoms with Crippen molar-refractivity contribution in [2.75, 3.05) is 6.61 Å². The van der Waals surface area contributed by atoms with Crippen molar-refractivity contribution in [3.05, 3.63) is 48.5 Å². The third-order valence-electron chi connectivity index (χ3n) is 2.96. The average molecular weight is 267 g/mol. The van der Waals surface area contributed by atoms with Crippen molar-refractivity contribution < 1.29 is 9.15 Å². The maximum atomic E-state index is 5.81. The molecule has 0 amide bonds. The van der Waals surface area contributed by atoms with Gasteiger partial charge in [0.05, 0.1) is 6.61 Å². The largest absolute Gasteiger partial charge is 0.493 e. The average Bonchev–Trinajstić information content (AvgIpc) is 2.89. The number of nitrogens with zero attached hydrogens (tertiary/aromatic N) is 1. The second kappa shape index (κ2) is 5.37. The third kappa shape index (κ3) is 2.67. The summed E-state index contributed by atoms with van der Waals surface area (Å²) in [5.74, 6) is 1.96. The SMILES string of the molecule is CC(C)COc1ccc2nc(-c3ccccc3)oc2c1. The van der Waals surface area contributed by atoms with Crippen molar-refractivity contribution in [2.24, 2.45) is 5.92 Å². The highest BCUT2D eigenvalue weighted by atomic mass is 16.5. The van der Waals surface area contributed by atoms with Crippen LogP contribution in [0, 0.1) is 5.92 Å². The number of rotatable bonds is 4. The van der Waals surface area contributed by atoms with E-state index in [1.807, 2.05) is 48.5 Å². The number of hydrogen-bond acceptors (Lipinski definition) is 3. The van der Waals surface area contributed by atoms with Crippen LogP contribution in [0.5, 0.6) is 5.75 Å². The third-order valence-corrected chi connectivity index (χ3v) is 2.96. The van der Waals surface area contributed by atoms with Gasteiger partial charge >= 0.3 is 0 Å². The quantitative estimate of drug-likeness (QED) is 0.696. The molecule has 0 unspecified atom stereocenters. The van der Waals surface area contributed by atoms with Gasteiger partial charge in [-0.15, -0.1) is 0 Å². The van der Waals surface area contributed by atoms with Gasteiger partial charge in [-0.05, 0) is 30.2 Å². The van der Waals surface area contributed by atoms with Gasteiger partial charge < -0.3 is 9.15 Å². The van der Waals surface area contributed by atoms with Crippen LogP contribution in [0.25, 0.3) is 22.6 Å². The van der Waals surface area contributed by atoms with Gasteiger partial charge in [-0.2, -0.15) is 0 Å². The van der Waals surface area contributed by atoms with Gasteiger partial charge in [0.15, 0.2) is 5.58 Å². The van der Waals surface area contributed by atoms with Crippen molar-refractivity contribution in [3.63, 3.8) is 0 Å². The van der Waals surface area contributed by atoms with Crippen LogP contribution in [0.15, 0.2) is 52.9 Å². The van der Waals surface area contributed by atoms with E-state index >= 15 is 0 Å². The molecule has 0 atom stereocenters. The zero-order valence-electron chi connectivity index (χ0n) is 11.7. The number of oxazole rings is 1. The van der Waals surface area contributed by atoms with Crippen molar-refractivity contribution >= 4 is 11.1 Å². The van der Waals surface area contributed by atoms with Crippen molar-refractivity contribution in [2.45, 2.75) is 13.8 Å². The Balaban J connectivity index is 1.91. The standard InChI is InChI=1S/C17H17NO2/c1-12(2)11-19-14-8-9-15-16(10-14)20-17(18-15)13-6-4-3-5-7-13/h3-10,12H,11H2,1-2H3. The molecule has 0 saturated heterocycles. The van der Waals surface area contributed by atoms with E-state index < -0.39 is 0 Å². The fourth-order valence-corrected chi connectivity index (χ4v) is 1.96. The summed E-state index contributed by atoms with van der Waals surface area (Å²) in [7, 11) is 0. The second-order valence-electron chi connectivity index (χ2n) is 5.22. The highest BCUT2D eigenvalue weighted by molar-refractivity contribution is 5.77. The Hall–Kier alpha value is -2.29. The molecule has 102 valence electrons. The maximum absolute atomic E-state index is 5.81. The lowest BCUT2D eigenvalue weighted by Gasteiger charge is -2.07. The minimum absolute atomic E-state index is 0.500. The molecule has 0 spiro atoms. The molecule has 2 aromatic carbocycles. The van der Waals surface area contributed by atoms with Crippen molar-refractivity contribution in [1.29, 1.82) is 0 Å². The Morgan fingerprint density at radius 1 is 1.10 bits per heavy atom. The van der Waals surface area contributed by atoms with E-state index in [1.54, 1.807) is 0 Å². The summed E-state index contributed by atoms with van der Waals surface area (Å²) in [6.45, 7) is 4.95. The first-order valence-electron chi connectivity index (χ1n) is 6.81. The van der Waals surface area contributed by atoms with Gasteiger partial charge in [-0.1, -0.05) is 32.0 Å². The number of ether oxygens (including phenoxy) is 1. The van der Waals surface area contributed by atoms with E-state index in [2.05, 4.69) is 18.8 Å². The number of aromatic nitrogens is 1. The molecule has 3 aromatic rings. The summed E-state index contributed by atoms with van der Waals surface area (Å²) in [6.07, 6.45) is 0. The lowest BCUT2D eigenvalue weighted by atomic mass is 10.2. The van der Waals surface area contributed by atoms with Crippen molar-refractivity contribution in [3.8, 4) is 17.2 Å². The van der Waals surface area contributed by atoms with E-state index in [4.69, 9.17) is 9.15 Å². The Labute approximate surface area is 118 Å². The molecular weight excluding hydrogens is 250 g/mol. The molecule has 3 nitrogen and oxygen atoms in total. The molecule has 3 rings (SSSR count). The molecule has 0 aliphatic carbocycles. The van der Waals surface area contributed by atoms with Crippen LogP contribution < -0.4 is 4.74 Å². The Bertz CT molecular complexity index is 701. The molecule has 0 aliphatic rings. The van der Waals surface area contributed by atoms with E-state index in [0.29, 0.717) is 18.4 Å². The number of hydrogen-bond donors (Lipinski definition) is 0. The molecule has 0 radical (unpaired) electrons. The van der Waals surface area contributed by atoms with Crippen LogP contribution in [0.2, 0.25) is 0 Å². The fourth-order valence-electron chi connectivity index (χ4n) is 1.96. The highest BCUT2D eigenvalue weighted by Crippen LogP contribution is 2.27. The Morgan fingerprint density at radius 3 is 2.65 bits per heavy atom. The monoisotopic (exact) mass is 267 g/mol. The van der Waals surface area contributed by atoms with Gasteiger partial charge in [-0.25, -0.2) is 4.98 Å². The molecule has 1 aromatic heterocycles. The molecular formula is C17H17NO2. The second-order valence-corrected chi connectivity index (χ2v) is 5.22. The summed E-state index contributed by atoms with van der Waals surface area (Å²) < 4.78 is 11.5. The predicted octanol–water partition coefficient (Wildman–Crippen LogP) is 4.53. The normalized spacial score (nSPS) is 11.2. The topological polar surface area (TPSA) is 35.3 Å². The van der Waals surface area contributed by atoms with Gasteiger partial charge in [0.1, 0.15) is 11.3 Å². The lowest BCUT2D eigenvalue weighted by Crippen LogP contribution is -2.04. The van der Waals surface area contributed by atoms with Crippen LogP contribution in [-0.4, -0.2) is 11.6 Å². The van der Waals surface area contributed by atoms with Crippen LogP contribution in [0.3, 0.4) is 0 Å². The van der Waals surface area contributed by atoms with E-state index in [-0.39, 0.29) is 0 Å². The molecule has 0 fully saturated rings. The molecule has 0 N–H and O–H groups in total. The van der Waals surface area contributed by atoms with Gasteiger partial charge in [0.2, 0.25) is 5.89 Å². The zero-order valence-corrected chi connectivity index (χ0v) is 11.7. The number of benzene rings is 2.